The molecule has 0 unspecified atom stereocenters. The molecule has 2 heterocycles. The lowest BCUT2D eigenvalue weighted by molar-refractivity contribution is 0.0594. The van der Waals surface area contributed by atoms with E-state index in [2.05, 4.69) is 14.7 Å². The normalized spacial score (nSPS) is 10.8. The molecule has 0 atom stereocenters. The van der Waals surface area contributed by atoms with Crippen molar-refractivity contribution < 1.29 is 14.3 Å². The lowest BCUT2D eigenvalue weighted by atomic mass is 10.1. The number of fused-ring (bicyclic) bond motifs is 3. The Morgan fingerprint density at radius 2 is 2.11 bits per heavy atom. The van der Waals surface area contributed by atoms with Gasteiger partial charge in [-0.05, 0) is 12.1 Å². The highest BCUT2D eigenvalue weighted by Crippen LogP contribution is 2.27. The van der Waals surface area contributed by atoms with Crippen LogP contribution < -0.4 is 0 Å². The highest BCUT2D eigenvalue weighted by molar-refractivity contribution is 6.12. The number of H-pyrrole nitrogens is 1. The van der Waals surface area contributed by atoms with Gasteiger partial charge in [0.2, 0.25) is 0 Å². The molecule has 0 saturated heterocycles. The molecule has 3 rings (SSSR count). The third-order valence-corrected chi connectivity index (χ3v) is 3.03. The molecule has 19 heavy (non-hydrogen) atoms. The summed E-state index contributed by atoms with van der Waals surface area (Å²) in [6.45, 7) is 0. The Morgan fingerprint density at radius 3 is 2.84 bits per heavy atom. The molecule has 0 spiro atoms. The maximum Gasteiger partial charge on any atom is 0.356 e. The van der Waals surface area contributed by atoms with Gasteiger partial charge in [0.1, 0.15) is 11.4 Å². The number of esters is 1. The second-order valence-corrected chi connectivity index (χ2v) is 4.10. The summed E-state index contributed by atoms with van der Waals surface area (Å²) in [4.78, 5) is 29.8. The van der Waals surface area contributed by atoms with Gasteiger partial charge < -0.3 is 9.72 Å². The van der Waals surface area contributed by atoms with Gasteiger partial charge in [-0.3, -0.25) is 4.79 Å². The molecular formula is C14H10N2O3. The van der Waals surface area contributed by atoms with Gasteiger partial charge in [0.25, 0.3) is 0 Å². The van der Waals surface area contributed by atoms with E-state index in [4.69, 9.17) is 0 Å². The van der Waals surface area contributed by atoms with Gasteiger partial charge in [0, 0.05) is 16.3 Å². The van der Waals surface area contributed by atoms with Crippen molar-refractivity contribution in [3.8, 4) is 0 Å². The molecule has 3 aromatic rings. The van der Waals surface area contributed by atoms with Crippen molar-refractivity contribution in [1.29, 1.82) is 0 Å². The first-order valence-electron chi connectivity index (χ1n) is 5.69. The minimum atomic E-state index is -0.560. The third kappa shape index (κ3) is 1.67. The summed E-state index contributed by atoms with van der Waals surface area (Å²) >= 11 is 0. The average Bonchev–Trinajstić information content (AvgIpc) is 2.84. The van der Waals surface area contributed by atoms with E-state index >= 15 is 0 Å². The first-order valence-corrected chi connectivity index (χ1v) is 5.69. The lowest BCUT2D eigenvalue weighted by Crippen LogP contribution is -2.06. The van der Waals surface area contributed by atoms with Crippen molar-refractivity contribution in [1.82, 2.24) is 9.97 Å². The van der Waals surface area contributed by atoms with E-state index in [0.29, 0.717) is 11.8 Å². The van der Waals surface area contributed by atoms with Gasteiger partial charge in [-0.25, -0.2) is 9.78 Å². The van der Waals surface area contributed by atoms with Gasteiger partial charge in [-0.2, -0.15) is 0 Å². The van der Waals surface area contributed by atoms with Crippen molar-refractivity contribution in [2.24, 2.45) is 0 Å². The van der Waals surface area contributed by atoms with E-state index in [9.17, 15) is 9.59 Å². The molecule has 0 saturated carbocycles. The van der Waals surface area contributed by atoms with E-state index in [0.717, 1.165) is 16.3 Å². The zero-order valence-corrected chi connectivity index (χ0v) is 10.1. The van der Waals surface area contributed by atoms with Crippen molar-refractivity contribution in [3.63, 3.8) is 0 Å². The number of nitrogens with zero attached hydrogens (tertiary/aromatic N) is 1. The van der Waals surface area contributed by atoms with Gasteiger partial charge in [0.15, 0.2) is 6.29 Å². The van der Waals surface area contributed by atoms with Crippen LogP contribution in [-0.2, 0) is 4.74 Å². The minimum Gasteiger partial charge on any atom is -0.464 e. The molecule has 0 aliphatic heterocycles. The number of rotatable bonds is 2. The highest BCUT2D eigenvalue weighted by Gasteiger charge is 2.15. The van der Waals surface area contributed by atoms with Crippen molar-refractivity contribution >= 4 is 34.1 Å². The molecule has 0 aliphatic carbocycles. The van der Waals surface area contributed by atoms with Crippen LogP contribution >= 0.6 is 0 Å². The Hall–Kier alpha value is -2.69. The zero-order chi connectivity index (χ0) is 13.4. The number of hydrogen-bond donors (Lipinski definition) is 1. The Balaban J connectivity index is 2.43. The average molecular weight is 254 g/mol. The Kier molecular flexibility index (Phi) is 2.52. The molecule has 0 radical (unpaired) electrons. The van der Waals surface area contributed by atoms with E-state index in [1.807, 2.05) is 24.3 Å². The Labute approximate surface area is 108 Å². The molecular weight excluding hydrogens is 244 g/mol. The fraction of sp³-hybridized carbons (Fsp3) is 0.0714. The highest BCUT2D eigenvalue weighted by atomic mass is 16.5. The number of aromatic nitrogens is 2. The first kappa shape index (κ1) is 11.4. The van der Waals surface area contributed by atoms with E-state index in [1.165, 1.54) is 7.11 Å². The van der Waals surface area contributed by atoms with Crippen LogP contribution in [0.3, 0.4) is 0 Å². The van der Waals surface area contributed by atoms with Crippen LogP contribution in [-0.4, -0.2) is 29.3 Å². The SMILES string of the molecule is COC(=O)c1cc2c([nH]c3ccccc32)c(C=O)n1. The number of carbonyl (C=O) groups is 2. The second-order valence-electron chi connectivity index (χ2n) is 4.10. The summed E-state index contributed by atoms with van der Waals surface area (Å²) in [6, 6.07) is 9.25. The first-order chi connectivity index (χ1) is 9.24. The van der Waals surface area contributed by atoms with Crippen LogP contribution in [0.4, 0.5) is 0 Å². The number of aromatic amines is 1. The second kappa shape index (κ2) is 4.20. The predicted octanol–water partition coefficient (Wildman–Crippen LogP) is 2.32. The van der Waals surface area contributed by atoms with E-state index in [1.54, 1.807) is 6.07 Å². The van der Waals surface area contributed by atoms with Crippen LogP contribution in [0.15, 0.2) is 30.3 Å². The van der Waals surface area contributed by atoms with Crippen LogP contribution in [0.25, 0.3) is 21.8 Å². The number of hydrogen-bond acceptors (Lipinski definition) is 4. The van der Waals surface area contributed by atoms with Gasteiger partial charge in [-0.15, -0.1) is 0 Å². The summed E-state index contributed by atoms with van der Waals surface area (Å²) < 4.78 is 4.65. The zero-order valence-electron chi connectivity index (χ0n) is 10.1. The topological polar surface area (TPSA) is 72.1 Å². The van der Waals surface area contributed by atoms with Crippen molar-refractivity contribution in [2.75, 3.05) is 7.11 Å². The van der Waals surface area contributed by atoms with E-state index < -0.39 is 5.97 Å². The van der Waals surface area contributed by atoms with Crippen LogP contribution in [0.2, 0.25) is 0 Å². The number of para-hydroxylation sites is 1. The van der Waals surface area contributed by atoms with Crippen molar-refractivity contribution in [3.05, 3.63) is 41.7 Å². The number of ether oxygens (including phenoxy) is 1. The summed E-state index contributed by atoms with van der Waals surface area (Å²) in [5, 5.41) is 1.72. The van der Waals surface area contributed by atoms with Crippen LogP contribution in [0.1, 0.15) is 21.0 Å². The predicted molar refractivity (Wildman–Crippen MR) is 70.3 cm³/mol. The fourth-order valence-corrected chi connectivity index (χ4v) is 2.16. The molecule has 5 heteroatoms. The summed E-state index contributed by atoms with van der Waals surface area (Å²) in [7, 11) is 1.28. The molecule has 0 aliphatic rings. The molecule has 5 nitrogen and oxygen atoms in total. The molecule has 1 N–H and O–H groups in total. The lowest BCUT2D eigenvalue weighted by Gasteiger charge is -2.01. The Bertz CT molecular complexity index is 805. The molecule has 94 valence electrons. The molecule has 1 aromatic carbocycles. The Morgan fingerprint density at radius 1 is 1.32 bits per heavy atom. The molecule has 0 bridgehead atoms. The standard InChI is InChI=1S/C14H10N2O3/c1-19-14(18)11-6-9-8-4-2-3-5-10(8)16-13(9)12(7-17)15-11/h2-7,16H,1H3. The molecule has 0 amide bonds. The minimum absolute atomic E-state index is 0.127. The molecule has 0 fully saturated rings. The van der Waals surface area contributed by atoms with Crippen LogP contribution in [0, 0.1) is 0 Å². The number of pyridine rings is 1. The van der Waals surface area contributed by atoms with Gasteiger partial charge in [-0.1, -0.05) is 18.2 Å². The number of methoxy groups -OCH3 is 1. The number of aldehydes is 1. The largest absolute Gasteiger partial charge is 0.464 e. The maximum absolute atomic E-state index is 11.6. The van der Waals surface area contributed by atoms with Gasteiger partial charge >= 0.3 is 5.97 Å². The summed E-state index contributed by atoms with van der Waals surface area (Å²) in [5.41, 5.74) is 1.85. The number of benzene rings is 1. The summed E-state index contributed by atoms with van der Waals surface area (Å²) in [5.74, 6) is -0.560. The fourth-order valence-electron chi connectivity index (χ4n) is 2.16. The quantitative estimate of drug-likeness (QED) is 0.562. The van der Waals surface area contributed by atoms with Crippen LogP contribution in [0.5, 0.6) is 0 Å². The van der Waals surface area contributed by atoms with Gasteiger partial charge in [0.05, 0.1) is 12.6 Å². The molecule has 2 aromatic heterocycles. The summed E-state index contributed by atoms with van der Waals surface area (Å²) in [6.07, 6.45) is 0.629. The third-order valence-electron chi connectivity index (χ3n) is 3.03. The monoisotopic (exact) mass is 254 g/mol. The smallest absolute Gasteiger partial charge is 0.356 e. The van der Waals surface area contributed by atoms with E-state index in [-0.39, 0.29) is 11.4 Å². The maximum atomic E-state index is 11.6. The number of carbonyl (C=O) groups excluding carboxylic acids is 2. The van der Waals surface area contributed by atoms with Crippen molar-refractivity contribution in [2.45, 2.75) is 0 Å². The number of nitrogens with one attached hydrogen (secondary N) is 1.